The summed E-state index contributed by atoms with van der Waals surface area (Å²) in [6, 6.07) is 6.61. The van der Waals surface area contributed by atoms with Crippen LogP contribution in [-0.4, -0.2) is 48.0 Å². The summed E-state index contributed by atoms with van der Waals surface area (Å²) in [7, 11) is 0. The second kappa shape index (κ2) is 6.92. The van der Waals surface area contributed by atoms with Crippen LogP contribution in [0.2, 0.25) is 5.02 Å². The van der Waals surface area contributed by atoms with Crippen molar-refractivity contribution in [3.05, 3.63) is 47.5 Å². The van der Waals surface area contributed by atoms with Crippen LogP contribution in [0.5, 0.6) is 0 Å². The van der Waals surface area contributed by atoms with Crippen LogP contribution in [0.15, 0.2) is 36.7 Å². The van der Waals surface area contributed by atoms with Crippen LogP contribution in [0.4, 0.5) is 4.39 Å². The van der Waals surface area contributed by atoms with E-state index in [0.29, 0.717) is 34.4 Å². The van der Waals surface area contributed by atoms with Gasteiger partial charge in [0.25, 0.3) is 0 Å². The lowest BCUT2D eigenvalue weighted by Crippen LogP contribution is -2.19. The number of aromatic nitrogens is 7. The molecule has 4 heterocycles. The topological polar surface area (TPSA) is 83.5 Å². The maximum atomic E-state index is 13.8. The van der Waals surface area contributed by atoms with E-state index in [1.165, 1.54) is 16.8 Å². The van der Waals surface area contributed by atoms with E-state index in [4.69, 9.17) is 16.3 Å². The van der Waals surface area contributed by atoms with Gasteiger partial charge in [0, 0.05) is 25.5 Å². The largest absolute Gasteiger partial charge is 0.381 e. The Morgan fingerprint density at radius 3 is 2.86 bits per heavy atom. The summed E-state index contributed by atoms with van der Waals surface area (Å²) in [6.07, 6.45) is 5.38. The van der Waals surface area contributed by atoms with Crippen molar-refractivity contribution in [2.45, 2.75) is 18.9 Å². The van der Waals surface area contributed by atoms with Gasteiger partial charge in [0.1, 0.15) is 11.5 Å². The SMILES string of the molecule is Fc1cc(-n2nnc3cnc(-c4ccn(C5CCOCC5)n4)nc32)ccc1Cl. The molecule has 3 aromatic heterocycles. The summed E-state index contributed by atoms with van der Waals surface area (Å²) in [6.45, 7) is 1.48. The zero-order valence-corrected chi connectivity index (χ0v) is 15.4. The van der Waals surface area contributed by atoms with Crippen molar-refractivity contribution >= 4 is 22.8 Å². The average molecular weight is 400 g/mol. The van der Waals surface area contributed by atoms with Crippen LogP contribution < -0.4 is 0 Å². The molecule has 0 bridgehead atoms. The highest BCUT2D eigenvalue weighted by molar-refractivity contribution is 6.30. The number of rotatable bonds is 3. The summed E-state index contributed by atoms with van der Waals surface area (Å²) in [4.78, 5) is 8.91. The Labute approximate surface area is 163 Å². The molecule has 0 atom stereocenters. The van der Waals surface area contributed by atoms with Crippen molar-refractivity contribution in [1.82, 2.24) is 34.7 Å². The number of halogens is 2. The minimum Gasteiger partial charge on any atom is -0.381 e. The fraction of sp³-hybridized carbons (Fsp3) is 0.278. The molecular formula is C18H15ClFN7O. The van der Waals surface area contributed by atoms with Crippen LogP contribution in [0.1, 0.15) is 18.9 Å². The quantitative estimate of drug-likeness (QED) is 0.526. The van der Waals surface area contributed by atoms with Gasteiger partial charge in [-0.3, -0.25) is 4.68 Å². The van der Waals surface area contributed by atoms with Crippen LogP contribution >= 0.6 is 11.6 Å². The Morgan fingerprint density at radius 2 is 2.04 bits per heavy atom. The van der Waals surface area contributed by atoms with Gasteiger partial charge >= 0.3 is 0 Å². The highest BCUT2D eigenvalue weighted by Gasteiger charge is 2.18. The molecule has 0 radical (unpaired) electrons. The average Bonchev–Trinajstić information content (AvgIpc) is 3.38. The number of benzene rings is 1. The van der Waals surface area contributed by atoms with Crippen molar-refractivity contribution in [1.29, 1.82) is 0 Å². The van der Waals surface area contributed by atoms with Gasteiger partial charge in [-0.15, -0.1) is 5.10 Å². The molecule has 10 heteroatoms. The Morgan fingerprint density at radius 1 is 1.18 bits per heavy atom. The van der Waals surface area contributed by atoms with Crippen molar-refractivity contribution in [3.8, 4) is 17.2 Å². The van der Waals surface area contributed by atoms with Crippen molar-refractivity contribution in [2.24, 2.45) is 0 Å². The molecule has 0 unspecified atom stereocenters. The van der Waals surface area contributed by atoms with Crippen molar-refractivity contribution in [2.75, 3.05) is 13.2 Å². The number of nitrogens with zero attached hydrogens (tertiary/aromatic N) is 7. The van der Waals surface area contributed by atoms with Gasteiger partial charge < -0.3 is 4.74 Å². The molecule has 0 saturated carbocycles. The first-order chi connectivity index (χ1) is 13.7. The lowest BCUT2D eigenvalue weighted by atomic mass is 10.1. The summed E-state index contributed by atoms with van der Waals surface area (Å²) in [5.74, 6) is -0.0800. The second-order valence-corrected chi connectivity index (χ2v) is 6.93. The Hall–Kier alpha value is -2.91. The minimum absolute atomic E-state index is 0.0436. The number of ether oxygens (including phenoxy) is 1. The third kappa shape index (κ3) is 3.02. The molecule has 28 heavy (non-hydrogen) atoms. The first kappa shape index (κ1) is 17.2. The van der Waals surface area contributed by atoms with Gasteiger partial charge in [-0.2, -0.15) is 9.78 Å². The maximum Gasteiger partial charge on any atom is 0.187 e. The molecule has 5 rings (SSSR count). The molecule has 142 valence electrons. The second-order valence-electron chi connectivity index (χ2n) is 6.53. The highest BCUT2D eigenvalue weighted by atomic mass is 35.5. The van der Waals surface area contributed by atoms with E-state index in [-0.39, 0.29) is 5.02 Å². The van der Waals surface area contributed by atoms with Gasteiger partial charge in [0.15, 0.2) is 17.0 Å². The normalized spacial score (nSPS) is 15.4. The van der Waals surface area contributed by atoms with E-state index in [9.17, 15) is 4.39 Å². The summed E-state index contributed by atoms with van der Waals surface area (Å²) < 4.78 is 22.6. The van der Waals surface area contributed by atoms with Gasteiger partial charge in [-0.1, -0.05) is 16.8 Å². The number of hydrogen-bond acceptors (Lipinski definition) is 6. The summed E-state index contributed by atoms with van der Waals surface area (Å²) in [5.41, 5.74) is 2.10. The van der Waals surface area contributed by atoms with E-state index in [2.05, 4.69) is 25.4 Å². The molecule has 4 aromatic rings. The van der Waals surface area contributed by atoms with Gasteiger partial charge in [0.05, 0.1) is 22.9 Å². The van der Waals surface area contributed by atoms with Crippen LogP contribution in [0.3, 0.4) is 0 Å². The molecule has 0 spiro atoms. The molecule has 1 saturated heterocycles. The van der Waals surface area contributed by atoms with Crippen LogP contribution in [0, 0.1) is 5.82 Å². The molecule has 0 N–H and O–H groups in total. The third-order valence-electron chi connectivity index (χ3n) is 4.74. The fourth-order valence-electron chi connectivity index (χ4n) is 3.25. The Bertz CT molecular complexity index is 1150. The lowest BCUT2D eigenvalue weighted by Gasteiger charge is -2.22. The van der Waals surface area contributed by atoms with E-state index in [1.807, 2.05) is 16.9 Å². The van der Waals surface area contributed by atoms with E-state index in [1.54, 1.807) is 12.3 Å². The highest BCUT2D eigenvalue weighted by Crippen LogP contribution is 2.24. The monoisotopic (exact) mass is 399 g/mol. The Kier molecular flexibility index (Phi) is 4.25. The summed E-state index contributed by atoms with van der Waals surface area (Å²) in [5, 5.41) is 12.8. The minimum atomic E-state index is -0.535. The lowest BCUT2D eigenvalue weighted by molar-refractivity contribution is 0.0663. The molecule has 1 aliphatic rings. The first-order valence-electron chi connectivity index (χ1n) is 8.86. The predicted octanol–water partition coefficient (Wildman–Crippen LogP) is 3.22. The zero-order valence-electron chi connectivity index (χ0n) is 14.7. The third-order valence-corrected chi connectivity index (χ3v) is 5.05. The van der Waals surface area contributed by atoms with E-state index >= 15 is 0 Å². The molecular weight excluding hydrogens is 385 g/mol. The molecule has 1 aliphatic heterocycles. The van der Waals surface area contributed by atoms with Crippen LogP contribution in [0.25, 0.3) is 28.4 Å². The van der Waals surface area contributed by atoms with Gasteiger partial charge in [-0.05, 0) is 31.0 Å². The zero-order chi connectivity index (χ0) is 19.1. The molecule has 1 fully saturated rings. The maximum absolute atomic E-state index is 13.8. The number of fused-ring (bicyclic) bond motifs is 1. The van der Waals surface area contributed by atoms with Crippen molar-refractivity contribution < 1.29 is 9.13 Å². The molecule has 1 aromatic carbocycles. The van der Waals surface area contributed by atoms with Crippen molar-refractivity contribution in [3.63, 3.8) is 0 Å². The fourth-order valence-corrected chi connectivity index (χ4v) is 3.37. The number of hydrogen-bond donors (Lipinski definition) is 0. The molecule has 0 amide bonds. The smallest absolute Gasteiger partial charge is 0.187 e. The van der Waals surface area contributed by atoms with E-state index < -0.39 is 5.82 Å². The summed E-state index contributed by atoms with van der Waals surface area (Å²) >= 11 is 5.77. The predicted molar refractivity (Wildman–Crippen MR) is 99.7 cm³/mol. The van der Waals surface area contributed by atoms with Gasteiger partial charge in [-0.25, -0.2) is 14.4 Å². The van der Waals surface area contributed by atoms with E-state index in [0.717, 1.165) is 26.1 Å². The van der Waals surface area contributed by atoms with Crippen LogP contribution in [-0.2, 0) is 4.74 Å². The first-order valence-corrected chi connectivity index (χ1v) is 9.24. The van der Waals surface area contributed by atoms with Gasteiger partial charge in [0.2, 0.25) is 0 Å². The molecule has 0 aliphatic carbocycles. The molecule has 8 nitrogen and oxygen atoms in total. The Balaban J connectivity index is 1.53. The standard InChI is InChI=1S/C18H15ClFN7O/c19-13-2-1-12(9-14(13)20)27-18-16(23-25-27)10-21-17(22-18)15-3-6-26(24-15)11-4-7-28-8-5-11/h1-3,6,9-11H,4-5,7-8H2.